The third-order valence-electron chi connectivity index (χ3n) is 3.96. The number of benzene rings is 2. The van der Waals surface area contributed by atoms with Crippen LogP contribution in [0.2, 0.25) is 0 Å². The van der Waals surface area contributed by atoms with E-state index >= 15 is 0 Å². The van der Waals surface area contributed by atoms with Crippen molar-refractivity contribution in [1.29, 1.82) is 0 Å². The zero-order valence-corrected chi connectivity index (χ0v) is 18.0. The number of rotatable bonds is 7. The Morgan fingerprint density at radius 1 is 1.03 bits per heavy atom. The molecule has 8 heteroatoms. The first kappa shape index (κ1) is 21.4. The predicted octanol–water partition coefficient (Wildman–Crippen LogP) is 3.79. The quantitative estimate of drug-likeness (QED) is 0.649. The van der Waals surface area contributed by atoms with Crippen LogP contribution in [-0.2, 0) is 4.79 Å². The van der Waals surface area contributed by atoms with Crippen LogP contribution in [0.5, 0.6) is 11.5 Å². The largest absolute Gasteiger partial charge is 0.491 e. The fourth-order valence-corrected chi connectivity index (χ4v) is 5.59. The van der Waals surface area contributed by atoms with Crippen LogP contribution in [0.4, 0.5) is 0 Å². The van der Waals surface area contributed by atoms with Crippen molar-refractivity contribution >= 4 is 35.3 Å². The molecule has 0 unspecified atom stereocenters. The van der Waals surface area contributed by atoms with Crippen molar-refractivity contribution in [3.05, 3.63) is 59.7 Å². The third kappa shape index (κ3) is 6.33. The van der Waals surface area contributed by atoms with Gasteiger partial charge >= 0.3 is 0 Å². The van der Waals surface area contributed by atoms with Crippen molar-refractivity contribution in [2.75, 3.05) is 18.1 Å². The molecule has 1 heterocycles. The molecule has 0 aliphatic carbocycles. The van der Waals surface area contributed by atoms with Crippen LogP contribution in [0.25, 0.3) is 0 Å². The Kier molecular flexibility index (Phi) is 7.71. The molecule has 0 spiro atoms. The first-order chi connectivity index (χ1) is 14.0. The molecule has 154 valence electrons. The monoisotopic (exact) mass is 432 g/mol. The molecular weight excluding hydrogens is 408 g/mol. The Hall–Kier alpha value is -2.32. The van der Waals surface area contributed by atoms with Crippen molar-refractivity contribution in [1.82, 2.24) is 10.9 Å². The van der Waals surface area contributed by atoms with Gasteiger partial charge in [0.15, 0.2) is 6.61 Å². The molecule has 6 nitrogen and oxygen atoms in total. The molecule has 0 saturated carbocycles. The molecule has 2 aromatic rings. The molecule has 2 N–H and O–H groups in total. The van der Waals surface area contributed by atoms with Gasteiger partial charge < -0.3 is 9.47 Å². The van der Waals surface area contributed by atoms with Crippen LogP contribution in [0, 0.1) is 0 Å². The summed E-state index contributed by atoms with van der Waals surface area (Å²) in [5.74, 6) is 2.77. The van der Waals surface area contributed by atoms with Crippen LogP contribution in [0.15, 0.2) is 48.5 Å². The SMILES string of the molecule is CC(C)Oc1ccc(C(=O)NNC(=O)COc2ccccc2C2SCCS2)cc1. The molecule has 2 aromatic carbocycles. The lowest BCUT2D eigenvalue weighted by atomic mass is 10.2. The molecule has 0 radical (unpaired) electrons. The fraction of sp³-hybridized carbons (Fsp3) is 0.333. The molecular formula is C21H24N2O4S2. The average molecular weight is 433 g/mol. The second-order valence-electron chi connectivity index (χ2n) is 6.59. The summed E-state index contributed by atoms with van der Waals surface area (Å²) in [5, 5.41) is 0. The molecule has 3 rings (SSSR count). The highest BCUT2D eigenvalue weighted by atomic mass is 32.2. The van der Waals surface area contributed by atoms with Crippen molar-refractivity contribution in [2.45, 2.75) is 24.5 Å². The third-order valence-corrected chi connectivity index (χ3v) is 7.03. The van der Waals surface area contributed by atoms with E-state index in [0.717, 1.165) is 17.1 Å². The molecule has 1 aliphatic rings. The van der Waals surface area contributed by atoms with Crippen molar-refractivity contribution in [3.63, 3.8) is 0 Å². The highest BCUT2D eigenvalue weighted by Crippen LogP contribution is 2.48. The predicted molar refractivity (Wildman–Crippen MR) is 117 cm³/mol. The highest BCUT2D eigenvalue weighted by molar-refractivity contribution is 8.19. The second-order valence-corrected chi connectivity index (χ2v) is 9.32. The number of carbonyl (C=O) groups excluding carboxylic acids is 2. The summed E-state index contributed by atoms with van der Waals surface area (Å²) in [6.45, 7) is 3.69. The summed E-state index contributed by atoms with van der Waals surface area (Å²) in [5.41, 5.74) is 6.28. The van der Waals surface area contributed by atoms with Crippen molar-refractivity contribution in [3.8, 4) is 11.5 Å². The van der Waals surface area contributed by atoms with Gasteiger partial charge in [-0.15, -0.1) is 23.5 Å². The van der Waals surface area contributed by atoms with Crippen molar-refractivity contribution < 1.29 is 19.1 Å². The van der Waals surface area contributed by atoms with E-state index in [-0.39, 0.29) is 12.7 Å². The number of hydrogen-bond donors (Lipinski definition) is 2. The van der Waals surface area contributed by atoms with Gasteiger partial charge in [-0.2, -0.15) is 0 Å². The van der Waals surface area contributed by atoms with E-state index in [1.54, 1.807) is 24.3 Å². The zero-order valence-electron chi connectivity index (χ0n) is 16.3. The van der Waals surface area contributed by atoms with Gasteiger partial charge in [0.2, 0.25) is 0 Å². The minimum absolute atomic E-state index is 0.0601. The van der Waals surface area contributed by atoms with E-state index in [1.165, 1.54) is 0 Å². The van der Waals surface area contributed by atoms with Gasteiger partial charge in [0.1, 0.15) is 11.5 Å². The maximum Gasteiger partial charge on any atom is 0.276 e. The number of ether oxygens (including phenoxy) is 2. The molecule has 0 atom stereocenters. The number of thioether (sulfide) groups is 2. The Balaban J connectivity index is 1.47. The van der Waals surface area contributed by atoms with Gasteiger partial charge in [-0.05, 0) is 44.2 Å². The van der Waals surface area contributed by atoms with E-state index in [1.807, 2.05) is 61.6 Å². The van der Waals surface area contributed by atoms with Crippen molar-refractivity contribution in [2.24, 2.45) is 0 Å². The molecule has 0 bridgehead atoms. The summed E-state index contributed by atoms with van der Waals surface area (Å²) < 4.78 is 11.6. The maximum atomic E-state index is 12.2. The molecule has 0 aromatic heterocycles. The molecule has 1 fully saturated rings. The first-order valence-corrected chi connectivity index (χ1v) is 11.4. The summed E-state index contributed by atoms with van der Waals surface area (Å²) in [4.78, 5) is 24.3. The normalized spacial score (nSPS) is 13.9. The van der Waals surface area contributed by atoms with Crippen LogP contribution < -0.4 is 20.3 Å². The number of carbonyl (C=O) groups is 2. The molecule has 2 amide bonds. The minimum Gasteiger partial charge on any atom is -0.491 e. The van der Waals surface area contributed by atoms with Gasteiger partial charge in [0.05, 0.1) is 10.7 Å². The number of para-hydroxylation sites is 1. The maximum absolute atomic E-state index is 12.2. The van der Waals surface area contributed by atoms with Crippen LogP contribution in [0.1, 0.15) is 34.4 Å². The minimum atomic E-state index is -0.431. The Bertz CT molecular complexity index is 837. The standard InChI is InChI=1S/C21H24N2O4S2/c1-14(2)27-16-9-7-15(8-10-16)20(25)23-22-19(24)13-26-18-6-4-3-5-17(18)21-28-11-12-29-21/h3-10,14,21H,11-13H2,1-2H3,(H,22,24)(H,23,25). The van der Waals surface area contributed by atoms with Crippen LogP contribution in [-0.4, -0.2) is 36.0 Å². The van der Waals surface area contributed by atoms with Gasteiger partial charge in [-0.1, -0.05) is 18.2 Å². The van der Waals surface area contributed by atoms with Gasteiger partial charge in [-0.25, -0.2) is 0 Å². The van der Waals surface area contributed by atoms with E-state index in [0.29, 0.717) is 21.6 Å². The number of hydrogen-bond acceptors (Lipinski definition) is 6. The van der Waals surface area contributed by atoms with E-state index < -0.39 is 11.8 Å². The summed E-state index contributed by atoms with van der Waals surface area (Å²) >= 11 is 3.75. The Morgan fingerprint density at radius 2 is 1.72 bits per heavy atom. The second kappa shape index (κ2) is 10.5. The van der Waals surface area contributed by atoms with Crippen LogP contribution in [0.3, 0.4) is 0 Å². The van der Waals surface area contributed by atoms with Gasteiger partial charge in [0, 0.05) is 22.6 Å². The molecule has 1 aliphatic heterocycles. The molecule has 29 heavy (non-hydrogen) atoms. The first-order valence-electron chi connectivity index (χ1n) is 9.34. The Labute approximate surface area is 179 Å². The van der Waals surface area contributed by atoms with Gasteiger partial charge in [0.25, 0.3) is 11.8 Å². The van der Waals surface area contributed by atoms with Gasteiger partial charge in [-0.3, -0.25) is 20.4 Å². The smallest absolute Gasteiger partial charge is 0.276 e. The lowest BCUT2D eigenvalue weighted by molar-refractivity contribution is -0.123. The lowest BCUT2D eigenvalue weighted by Gasteiger charge is -2.15. The summed E-state index contributed by atoms with van der Waals surface area (Å²) in [6.07, 6.45) is 0.0601. The fourth-order valence-electron chi connectivity index (χ4n) is 2.68. The summed E-state index contributed by atoms with van der Waals surface area (Å²) in [7, 11) is 0. The van der Waals surface area contributed by atoms with Crippen LogP contribution >= 0.6 is 23.5 Å². The Morgan fingerprint density at radius 3 is 2.41 bits per heavy atom. The van der Waals surface area contributed by atoms with E-state index in [4.69, 9.17) is 9.47 Å². The highest BCUT2D eigenvalue weighted by Gasteiger charge is 2.22. The summed E-state index contributed by atoms with van der Waals surface area (Å²) in [6, 6.07) is 14.5. The number of amides is 2. The average Bonchev–Trinajstić information content (AvgIpc) is 3.25. The number of nitrogens with one attached hydrogen (secondary N) is 2. The topological polar surface area (TPSA) is 76.7 Å². The zero-order chi connectivity index (χ0) is 20.6. The van der Waals surface area contributed by atoms with E-state index in [9.17, 15) is 9.59 Å². The number of hydrazine groups is 1. The van der Waals surface area contributed by atoms with E-state index in [2.05, 4.69) is 10.9 Å². The lowest BCUT2D eigenvalue weighted by Crippen LogP contribution is -2.43. The molecule has 1 saturated heterocycles.